The van der Waals surface area contributed by atoms with Crippen LogP contribution in [0.2, 0.25) is 0 Å². The average Bonchev–Trinajstić information content (AvgIpc) is 2.60. The van der Waals surface area contributed by atoms with Crippen molar-refractivity contribution in [3.63, 3.8) is 0 Å². The first-order valence-corrected chi connectivity index (χ1v) is 7.85. The van der Waals surface area contributed by atoms with Crippen LogP contribution in [0.3, 0.4) is 0 Å². The highest BCUT2D eigenvalue weighted by Gasteiger charge is 2.11. The molecule has 130 valence electrons. The number of methoxy groups -OCH3 is 3. The normalized spacial score (nSPS) is 12.0. The minimum Gasteiger partial charge on any atom is -0.508 e. The van der Waals surface area contributed by atoms with Crippen molar-refractivity contribution in [2.75, 3.05) is 27.9 Å². The van der Waals surface area contributed by atoms with Gasteiger partial charge in [0.1, 0.15) is 17.2 Å². The highest BCUT2D eigenvalue weighted by molar-refractivity contribution is 5.73. The fourth-order valence-corrected chi connectivity index (χ4v) is 2.53. The third-order valence-electron chi connectivity index (χ3n) is 3.85. The summed E-state index contributed by atoms with van der Waals surface area (Å²) < 4.78 is 15.9. The number of nitrogens with one attached hydrogen (secondary N) is 1. The molecule has 0 amide bonds. The summed E-state index contributed by atoms with van der Waals surface area (Å²) in [6.45, 7) is 3.20. The third kappa shape index (κ3) is 4.40. The van der Waals surface area contributed by atoms with E-state index in [0.29, 0.717) is 13.2 Å². The van der Waals surface area contributed by atoms with E-state index in [1.807, 2.05) is 37.3 Å². The van der Waals surface area contributed by atoms with Gasteiger partial charge in [-0.15, -0.1) is 0 Å². The lowest BCUT2D eigenvalue weighted by atomic mass is 10.0. The van der Waals surface area contributed by atoms with E-state index in [1.54, 1.807) is 27.4 Å². The van der Waals surface area contributed by atoms with Gasteiger partial charge in [-0.25, -0.2) is 0 Å². The van der Waals surface area contributed by atoms with Crippen molar-refractivity contribution in [2.24, 2.45) is 0 Å². The lowest BCUT2D eigenvalue weighted by Crippen LogP contribution is -2.29. The zero-order chi connectivity index (χ0) is 17.5. The monoisotopic (exact) mass is 331 g/mol. The molecule has 0 aliphatic heterocycles. The molecule has 0 saturated carbocycles. The Morgan fingerprint density at radius 3 is 2.50 bits per heavy atom. The molecule has 0 fully saturated rings. The molecule has 1 unspecified atom stereocenters. The molecular formula is C19H25NO4. The smallest absolute Gasteiger partial charge is 0.126 e. The van der Waals surface area contributed by atoms with Gasteiger partial charge in [-0.1, -0.05) is 6.07 Å². The summed E-state index contributed by atoms with van der Waals surface area (Å²) in [7, 11) is 4.95. The maximum absolute atomic E-state index is 10.1. The quantitative estimate of drug-likeness (QED) is 0.778. The molecule has 24 heavy (non-hydrogen) atoms. The number of aromatic hydroxyl groups is 1. The van der Waals surface area contributed by atoms with Gasteiger partial charge in [-0.2, -0.15) is 0 Å². The van der Waals surface area contributed by atoms with Gasteiger partial charge in [-0.3, -0.25) is 0 Å². The van der Waals surface area contributed by atoms with E-state index in [2.05, 4.69) is 5.32 Å². The van der Waals surface area contributed by atoms with Gasteiger partial charge < -0.3 is 24.6 Å². The molecule has 2 rings (SSSR count). The summed E-state index contributed by atoms with van der Waals surface area (Å²) >= 11 is 0. The highest BCUT2D eigenvalue weighted by atomic mass is 16.5. The van der Waals surface area contributed by atoms with Gasteiger partial charge in [0.15, 0.2) is 0 Å². The predicted molar refractivity (Wildman–Crippen MR) is 94.8 cm³/mol. The molecule has 0 aliphatic carbocycles. The number of rotatable bonds is 8. The van der Waals surface area contributed by atoms with Crippen LogP contribution in [-0.4, -0.2) is 39.1 Å². The van der Waals surface area contributed by atoms with Crippen LogP contribution in [0, 0.1) is 0 Å². The third-order valence-corrected chi connectivity index (χ3v) is 3.85. The Kier molecular flexibility index (Phi) is 6.46. The number of hydrogen-bond donors (Lipinski definition) is 2. The summed E-state index contributed by atoms with van der Waals surface area (Å²) in [6, 6.07) is 11.4. The first-order chi connectivity index (χ1) is 11.6. The lowest BCUT2D eigenvalue weighted by Gasteiger charge is -2.15. The van der Waals surface area contributed by atoms with Crippen LogP contribution < -0.4 is 14.8 Å². The topological polar surface area (TPSA) is 60.0 Å². The van der Waals surface area contributed by atoms with E-state index in [-0.39, 0.29) is 11.8 Å². The second kappa shape index (κ2) is 8.57. The van der Waals surface area contributed by atoms with Crippen LogP contribution in [-0.2, 0) is 11.3 Å². The van der Waals surface area contributed by atoms with Gasteiger partial charge in [-0.05, 0) is 42.8 Å². The molecule has 0 heterocycles. The average molecular weight is 331 g/mol. The van der Waals surface area contributed by atoms with Crippen LogP contribution in [0.25, 0.3) is 11.1 Å². The molecule has 2 N–H and O–H groups in total. The van der Waals surface area contributed by atoms with E-state index < -0.39 is 0 Å². The second-order valence-electron chi connectivity index (χ2n) is 5.65. The molecule has 0 spiro atoms. The summed E-state index contributed by atoms with van der Waals surface area (Å²) in [6.07, 6.45) is 0. The maximum atomic E-state index is 10.1. The van der Waals surface area contributed by atoms with E-state index in [0.717, 1.165) is 28.2 Å². The molecule has 5 heteroatoms. The highest BCUT2D eigenvalue weighted by Crippen LogP contribution is 2.35. The standard InChI is InChI=1S/C19H25NO4/c1-13(12-22-2)20-11-15-9-14(5-7-18(15)21)17-10-16(23-3)6-8-19(17)24-4/h5-10,13,20-21H,11-12H2,1-4H3. The van der Waals surface area contributed by atoms with E-state index in [9.17, 15) is 5.11 Å². The number of phenols is 1. The largest absolute Gasteiger partial charge is 0.508 e. The van der Waals surface area contributed by atoms with Crippen LogP contribution in [0.1, 0.15) is 12.5 Å². The second-order valence-corrected chi connectivity index (χ2v) is 5.65. The Balaban J connectivity index is 2.30. The van der Waals surface area contributed by atoms with Crippen molar-refractivity contribution in [2.45, 2.75) is 19.5 Å². The van der Waals surface area contributed by atoms with Crippen LogP contribution >= 0.6 is 0 Å². The molecule has 1 atom stereocenters. The molecule has 0 radical (unpaired) electrons. The molecule has 2 aromatic carbocycles. The number of ether oxygens (including phenoxy) is 3. The maximum Gasteiger partial charge on any atom is 0.126 e. The molecule has 0 aliphatic rings. The predicted octanol–water partition coefficient (Wildman–Crippen LogP) is 3.20. The molecular weight excluding hydrogens is 306 g/mol. The van der Waals surface area contributed by atoms with Gasteiger partial charge in [0.2, 0.25) is 0 Å². The number of benzene rings is 2. The molecule has 0 bridgehead atoms. The summed E-state index contributed by atoms with van der Waals surface area (Å²) in [5.41, 5.74) is 2.70. The van der Waals surface area contributed by atoms with E-state index in [1.165, 1.54) is 0 Å². The van der Waals surface area contributed by atoms with Gasteiger partial charge >= 0.3 is 0 Å². The van der Waals surface area contributed by atoms with E-state index >= 15 is 0 Å². The minimum absolute atomic E-state index is 0.199. The lowest BCUT2D eigenvalue weighted by molar-refractivity contribution is 0.171. The molecule has 0 saturated heterocycles. The Labute approximate surface area is 143 Å². The number of phenolic OH excluding ortho intramolecular Hbond substituents is 1. The van der Waals surface area contributed by atoms with Crippen LogP contribution in [0.15, 0.2) is 36.4 Å². The van der Waals surface area contributed by atoms with Crippen LogP contribution in [0.4, 0.5) is 0 Å². The Hall–Kier alpha value is -2.24. The van der Waals surface area contributed by atoms with Crippen molar-refractivity contribution >= 4 is 0 Å². The summed E-state index contributed by atoms with van der Waals surface area (Å²) in [5, 5.41) is 13.5. The summed E-state index contributed by atoms with van der Waals surface area (Å²) in [5.74, 6) is 1.78. The minimum atomic E-state index is 0.199. The van der Waals surface area contributed by atoms with Gasteiger partial charge in [0.05, 0.1) is 20.8 Å². The Morgan fingerprint density at radius 1 is 1.04 bits per heavy atom. The van der Waals surface area contributed by atoms with Crippen molar-refractivity contribution in [3.8, 4) is 28.4 Å². The molecule has 5 nitrogen and oxygen atoms in total. The fourth-order valence-electron chi connectivity index (χ4n) is 2.53. The zero-order valence-electron chi connectivity index (χ0n) is 14.6. The fraction of sp³-hybridized carbons (Fsp3) is 0.368. The van der Waals surface area contributed by atoms with Gasteiger partial charge in [0, 0.05) is 30.8 Å². The van der Waals surface area contributed by atoms with Crippen molar-refractivity contribution < 1.29 is 19.3 Å². The summed E-state index contributed by atoms with van der Waals surface area (Å²) in [4.78, 5) is 0. The molecule has 2 aromatic rings. The number of hydrogen-bond acceptors (Lipinski definition) is 5. The van der Waals surface area contributed by atoms with Crippen LogP contribution in [0.5, 0.6) is 17.2 Å². The first-order valence-electron chi connectivity index (χ1n) is 7.85. The SMILES string of the molecule is COCC(C)NCc1cc(-c2cc(OC)ccc2OC)ccc1O. The Bertz CT molecular complexity index is 672. The van der Waals surface area contributed by atoms with Crippen molar-refractivity contribution in [3.05, 3.63) is 42.0 Å². The van der Waals surface area contributed by atoms with Gasteiger partial charge in [0.25, 0.3) is 0 Å². The zero-order valence-corrected chi connectivity index (χ0v) is 14.6. The first kappa shape index (κ1) is 18.1. The van der Waals surface area contributed by atoms with E-state index in [4.69, 9.17) is 14.2 Å². The Morgan fingerprint density at radius 2 is 1.83 bits per heavy atom. The van der Waals surface area contributed by atoms with Crippen molar-refractivity contribution in [1.82, 2.24) is 5.32 Å². The van der Waals surface area contributed by atoms with Crippen molar-refractivity contribution in [1.29, 1.82) is 0 Å². The molecule has 0 aromatic heterocycles.